The normalized spacial score (nSPS) is 12.6. The first-order valence-corrected chi connectivity index (χ1v) is 11.8. The van der Waals surface area contributed by atoms with Gasteiger partial charge in [-0.2, -0.15) is 5.26 Å². The summed E-state index contributed by atoms with van der Waals surface area (Å²) in [6.07, 6.45) is 2.94. The molecular formula is C31H23N3. The maximum Gasteiger partial charge on any atom is 0.101 e. The third kappa shape index (κ3) is 2.54. The summed E-state index contributed by atoms with van der Waals surface area (Å²) in [4.78, 5) is 4.88. The predicted octanol–water partition coefficient (Wildman–Crippen LogP) is 8.00. The maximum absolute atomic E-state index is 9.98. The number of hydrogen-bond donors (Lipinski definition) is 0. The van der Waals surface area contributed by atoms with E-state index in [0.717, 1.165) is 44.6 Å². The molecule has 3 heterocycles. The zero-order valence-corrected chi connectivity index (χ0v) is 19.5. The topological polar surface area (TPSA) is 41.1 Å². The Labute approximate surface area is 197 Å². The van der Waals surface area contributed by atoms with Crippen molar-refractivity contribution >= 4 is 59.8 Å². The van der Waals surface area contributed by atoms with Crippen LogP contribution in [-0.4, -0.2) is 9.38 Å². The van der Waals surface area contributed by atoms with E-state index in [9.17, 15) is 5.26 Å². The van der Waals surface area contributed by atoms with Gasteiger partial charge in [0.05, 0.1) is 27.6 Å². The van der Waals surface area contributed by atoms with Gasteiger partial charge in [-0.1, -0.05) is 63.2 Å². The minimum Gasteiger partial charge on any atom is -0.306 e. The Balaban J connectivity index is 1.74. The van der Waals surface area contributed by atoms with E-state index < -0.39 is 0 Å². The number of benzene rings is 4. The van der Waals surface area contributed by atoms with E-state index in [1.54, 1.807) is 0 Å². The van der Waals surface area contributed by atoms with Crippen LogP contribution in [0.1, 0.15) is 31.9 Å². The molecule has 0 aliphatic rings. The molecule has 34 heavy (non-hydrogen) atoms. The molecule has 0 atom stereocenters. The van der Waals surface area contributed by atoms with E-state index in [1.807, 2.05) is 18.3 Å². The molecule has 4 aromatic carbocycles. The highest BCUT2D eigenvalue weighted by Gasteiger charge is 2.21. The molecule has 0 saturated carbocycles. The zero-order chi connectivity index (χ0) is 23.2. The fraction of sp³-hybridized carbons (Fsp3) is 0.161. The van der Waals surface area contributed by atoms with Gasteiger partial charge in [-0.25, -0.2) is 0 Å². The van der Waals surface area contributed by atoms with Crippen molar-refractivity contribution in [3.05, 3.63) is 84.1 Å². The monoisotopic (exact) mass is 437 g/mol. The van der Waals surface area contributed by atoms with Gasteiger partial charge in [-0.15, -0.1) is 0 Å². The number of nitrogens with zero attached hydrogens (tertiary/aromatic N) is 3. The molecule has 0 N–H and O–H groups in total. The lowest BCUT2D eigenvalue weighted by molar-refractivity contribution is 0.411. The van der Waals surface area contributed by atoms with Crippen molar-refractivity contribution in [3.8, 4) is 6.07 Å². The van der Waals surface area contributed by atoms with Gasteiger partial charge in [0.2, 0.25) is 0 Å². The van der Waals surface area contributed by atoms with Crippen LogP contribution in [0.15, 0.2) is 72.9 Å². The maximum atomic E-state index is 9.98. The van der Waals surface area contributed by atoms with Gasteiger partial charge >= 0.3 is 0 Å². The Morgan fingerprint density at radius 1 is 0.824 bits per heavy atom. The summed E-state index contributed by atoms with van der Waals surface area (Å²) in [5.74, 6) is 0. The van der Waals surface area contributed by atoms with Crippen LogP contribution in [0.5, 0.6) is 0 Å². The number of rotatable bonds is 1. The molecule has 0 fully saturated rings. The molecule has 0 saturated heterocycles. The molecule has 3 aromatic heterocycles. The number of pyridine rings is 2. The Hall–Kier alpha value is -4.16. The first kappa shape index (κ1) is 19.3. The van der Waals surface area contributed by atoms with Gasteiger partial charge in [-0.3, -0.25) is 4.98 Å². The predicted molar refractivity (Wildman–Crippen MR) is 142 cm³/mol. The van der Waals surface area contributed by atoms with Crippen LogP contribution >= 0.6 is 0 Å². The fourth-order valence-corrected chi connectivity index (χ4v) is 5.78. The molecule has 3 nitrogen and oxygen atoms in total. The Morgan fingerprint density at radius 2 is 1.65 bits per heavy atom. The first-order valence-electron chi connectivity index (χ1n) is 11.8. The second kappa shape index (κ2) is 6.46. The highest BCUT2D eigenvalue weighted by Crippen LogP contribution is 2.42. The highest BCUT2D eigenvalue weighted by molar-refractivity contribution is 6.28. The third-order valence-electron chi connectivity index (χ3n) is 7.05. The van der Waals surface area contributed by atoms with Gasteiger partial charge in [0.25, 0.3) is 0 Å². The number of fused-ring (bicyclic) bond motifs is 7. The number of aromatic nitrogens is 2. The molecule has 162 valence electrons. The van der Waals surface area contributed by atoms with E-state index in [1.165, 1.54) is 27.1 Å². The van der Waals surface area contributed by atoms with Crippen LogP contribution in [0.25, 0.3) is 59.8 Å². The van der Waals surface area contributed by atoms with Crippen LogP contribution in [0.3, 0.4) is 0 Å². The summed E-state index contributed by atoms with van der Waals surface area (Å²) < 4.78 is 2.30. The van der Waals surface area contributed by atoms with E-state index in [4.69, 9.17) is 4.98 Å². The lowest BCUT2D eigenvalue weighted by Gasteiger charge is -2.18. The van der Waals surface area contributed by atoms with Crippen molar-refractivity contribution in [1.29, 1.82) is 5.26 Å². The van der Waals surface area contributed by atoms with Gasteiger partial charge in [-0.05, 0) is 57.8 Å². The second-order valence-corrected chi connectivity index (χ2v) is 10.7. The fourth-order valence-electron chi connectivity index (χ4n) is 5.78. The molecule has 0 spiro atoms. The summed E-state index contributed by atoms with van der Waals surface area (Å²) in [5, 5.41) is 18.1. The van der Waals surface area contributed by atoms with Gasteiger partial charge in [0, 0.05) is 27.7 Å². The molecule has 0 bridgehead atoms. The van der Waals surface area contributed by atoms with Crippen molar-refractivity contribution in [2.75, 3.05) is 0 Å². The summed E-state index contributed by atoms with van der Waals surface area (Å²) in [5.41, 5.74) is 6.52. The van der Waals surface area contributed by atoms with E-state index in [-0.39, 0.29) is 5.41 Å². The lowest BCUT2D eigenvalue weighted by Crippen LogP contribution is -2.08. The Bertz CT molecular complexity index is 1980. The third-order valence-corrected chi connectivity index (χ3v) is 7.05. The number of nitriles is 1. The van der Waals surface area contributed by atoms with Crippen molar-refractivity contribution in [3.63, 3.8) is 0 Å². The van der Waals surface area contributed by atoms with Crippen LogP contribution in [-0.2, 0) is 6.42 Å². The Morgan fingerprint density at radius 3 is 2.47 bits per heavy atom. The SMILES string of the molecule is CC(C)(C)Cc1ccc2cc3c(cc2c1)c1nccc2ccc4c5cccc(C#N)c5n3c4c21. The molecular weight excluding hydrogens is 414 g/mol. The average Bonchev–Trinajstić information content (AvgIpc) is 3.17. The van der Waals surface area contributed by atoms with Crippen molar-refractivity contribution in [2.24, 2.45) is 5.41 Å². The van der Waals surface area contributed by atoms with E-state index in [0.29, 0.717) is 5.56 Å². The van der Waals surface area contributed by atoms with Crippen LogP contribution in [0.4, 0.5) is 0 Å². The molecule has 0 aliphatic heterocycles. The summed E-state index contributed by atoms with van der Waals surface area (Å²) in [6, 6.07) is 26.3. The summed E-state index contributed by atoms with van der Waals surface area (Å²) in [7, 11) is 0. The highest BCUT2D eigenvalue weighted by atomic mass is 14.9. The molecule has 0 unspecified atom stereocenters. The molecule has 7 aromatic rings. The average molecular weight is 438 g/mol. The van der Waals surface area contributed by atoms with E-state index >= 15 is 0 Å². The van der Waals surface area contributed by atoms with Crippen LogP contribution in [0, 0.1) is 16.7 Å². The number of hydrogen-bond acceptors (Lipinski definition) is 2. The van der Waals surface area contributed by atoms with Crippen molar-refractivity contribution < 1.29 is 0 Å². The van der Waals surface area contributed by atoms with Crippen molar-refractivity contribution in [1.82, 2.24) is 9.38 Å². The molecule has 0 aliphatic carbocycles. The summed E-state index contributed by atoms with van der Waals surface area (Å²) in [6.45, 7) is 6.84. The second-order valence-electron chi connectivity index (χ2n) is 10.7. The van der Waals surface area contributed by atoms with Crippen LogP contribution in [0.2, 0.25) is 0 Å². The quantitative estimate of drug-likeness (QED) is 0.193. The molecule has 0 amide bonds. The largest absolute Gasteiger partial charge is 0.306 e. The Kier molecular flexibility index (Phi) is 3.67. The van der Waals surface area contributed by atoms with E-state index in [2.05, 4.69) is 85.8 Å². The van der Waals surface area contributed by atoms with Gasteiger partial charge in [0.1, 0.15) is 6.07 Å². The van der Waals surface area contributed by atoms with Gasteiger partial charge in [0.15, 0.2) is 0 Å². The van der Waals surface area contributed by atoms with Crippen LogP contribution < -0.4 is 0 Å². The molecule has 3 heteroatoms. The molecule has 0 radical (unpaired) electrons. The minimum absolute atomic E-state index is 0.233. The lowest BCUT2D eigenvalue weighted by atomic mass is 9.87. The molecule has 7 rings (SSSR count). The zero-order valence-electron chi connectivity index (χ0n) is 19.5. The first-order chi connectivity index (χ1) is 16.4. The van der Waals surface area contributed by atoms with Gasteiger partial charge < -0.3 is 4.40 Å². The number of para-hydroxylation sites is 1. The summed E-state index contributed by atoms with van der Waals surface area (Å²) >= 11 is 0. The standard InChI is InChI=1S/C31H23N3/c1-31(2,3)16-18-7-8-20-15-26-25(14-22(20)13-18)28-27-19(11-12-33-28)9-10-24-23-6-4-5-21(17-32)29(23)34(26)30(24)27/h4-15H,16H2,1-3H3. The smallest absolute Gasteiger partial charge is 0.101 e. The van der Waals surface area contributed by atoms with Crippen molar-refractivity contribution in [2.45, 2.75) is 27.2 Å². The minimum atomic E-state index is 0.233.